The molecule has 0 unspecified atom stereocenters. The molecule has 0 bridgehead atoms. The summed E-state index contributed by atoms with van der Waals surface area (Å²) in [5, 5.41) is 7.69. The molecule has 1 aliphatic heterocycles. The number of nitrogens with one attached hydrogen (secondary N) is 2. The molecule has 6 aromatic rings. The predicted octanol–water partition coefficient (Wildman–Crippen LogP) is 8.03. The molecule has 2 N–H and O–H groups in total. The maximum atomic E-state index is 12.8. The number of fused-ring (bicyclic) bond motifs is 1. The Morgan fingerprint density at radius 2 is 1.74 bits per heavy atom. The third-order valence-electron chi connectivity index (χ3n) is 8.87. The number of aromatic nitrogens is 3. The molecule has 1 saturated heterocycles. The van der Waals surface area contributed by atoms with Gasteiger partial charge in [0.15, 0.2) is 0 Å². The van der Waals surface area contributed by atoms with Crippen LogP contribution in [-0.4, -0.2) is 52.7 Å². The Hall–Kier alpha value is -5.68. The predicted molar refractivity (Wildman–Crippen MR) is 209 cm³/mol. The van der Waals surface area contributed by atoms with Gasteiger partial charge in [0.25, 0.3) is 5.91 Å². The van der Waals surface area contributed by atoms with Gasteiger partial charge in [-0.15, -0.1) is 0 Å². The highest BCUT2D eigenvalue weighted by molar-refractivity contribution is 6.37. The van der Waals surface area contributed by atoms with Gasteiger partial charge < -0.3 is 29.6 Å². The molecule has 0 aliphatic carbocycles. The van der Waals surface area contributed by atoms with Crippen LogP contribution in [0.4, 0.5) is 11.4 Å². The molecule has 0 radical (unpaired) electrons. The summed E-state index contributed by atoms with van der Waals surface area (Å²) in [5.74, 6) is 0.130. The zero-order valence-corrected chi connectivity index (χ0v) is 30.4. The minimum atomic E-state index is -0.274. The number of amides is 2. The first-order valence-electron chi connectivity index (χ1n) is 17.1. The number of carbonyl (C=O) groups is 2. The van der Waals surface area contributed by atoms with E-state index < -0.39 is 0 Å². The molecular weight excluding hydrogens is 711 g/mol. The standard InChI is InChI=1S/C41H36Cl2N6O4/c1-27-24-36(48-20-22-52-23-21-48)32-5-2-6-37(40(32)46-27)53-26-33-34(42)12-13-35(39(33)43)49-19-3-4-31(49)25-45-38(50)14-9-28-7-10-29(11-8-28)41(51)47-30-15-17-44-18-16-30/h2-19,24H,20-23,25-26H2,1H3,(H,45,50)(H,44,47,51). The van der Waals surface area contributed by atoms with Crippen molar-refractivity contribution in [2.75, 3.05) is 36.5 Å². The lowest BCUT2D eigenvalue weighted by Gasteiger charge is -2.30. The number of morpholine rings is 1. The largest absolute Gasteiger partial charge is 0.487 e. The highest BCUT2D eigenvalue weighted by Crippen LogP contribution is 2.36. The maximum Gasteiger partial charge on any atom is 0.255 e. The second kappa shape index (κ2) is 16.3. The number of carbonyl (C=O) groups excluding carboxylic acids is 2. The first kappa shape index (κ1) is 35.7. The fourth-order valence-corrected chi connectivity index (χ4v) is 6.72. The lowest BCUT2D eigenvalue weighted by molar-refractivity contribution is -0.116. The molecule has 0 atom stereocenters. The minimum Gasteiger partial charge on any atom is -0.487 e. The van der Waals surface area contributed by atoms with E-state index in [0.29, 0.717) is 51.5 Å². The molecule has 3 aromatic carbocycles. The van der Waals surface area contributed by atoms with Gasteiger partial charge in [0.05, 0.1) is 30.5 Å². The first-order valence-corrected chi connectivity index (χ1v) is 17.9. The van der Waals surface area contributed by atoms with Gasteiger partial charge in [0.1, 0.15) is 17.9 Å². The van der Waals surface area contributed by atoms with Crippen molar-refractivity contribution in [1.29, 1.82) is 0 Å². The Balaban J connectivity index is 1.01. The quantitative estimate of drug-likeness (QED) is 0.129. The number of halogens is 2. The van der Waals surface area contributed by atoms with E-state index in [-0.39, 0.29) is 25.0 Å². The molecular formula is C41H36Cl2N6O4. The molecule has 53 heavy (non-hydrogen) atoms. The Labute approximate surface area is 317 Å². The van der Waals surface area contributed by atoms with Gasteiger partial charge in [-0.3, -0.25) is 14.6 Å². The molecule has 10 nitrogen and oxygen atoms in total. The average molecular weight is 748 g/mol. The van der Waals surface area contributed by atoms with E-state index in [4.69, 9.17) is 37.7 Å². The van der Waals surface area contributed by atoms with E-state index in [2.05, 4.69) is 32.7 Å². The van der Waals surface area contributed by atoms with E-state index in [1.165, 1.54) is 6.08 Å². The van der Waals surface area contributed by atoms with Gasteiger partial charge in [0.2, 0.25) is 5.91 Å². The minimum absolute atomic E-state index is 0.127. The molecule has 1 aliphatic rings. The number of hydrogen-bond acceptors (Lipinski definition) is 7. The van der Waals surface area contributed by atoms with Crippen LogP contribution < -0.4 is 20.3 Å². The van der Waals surface area contributed by atoms with Crippen molar-refractivity contribution >= 4 is 63.4 Å². The number of ether oxygens (including phenoxy) is 2. The van der Waals surface area contributed by atoms with Crippen LogP contribution in [0.15, 0.2) is 110 Å². The fraction of sp³-hybridized carbons (Fsp3) is 0.171. The van der Waals surface area contributed by atoms with E-state index in [0.717, 1.165) is 46.6 Å². The summed E-state index contributed by atoms with van der Waals surface area (Å²) in [4.78, 5) is 36.4. The van der Waals surface area contributed by atoms with Gasteiger partial charge in [-0.05, 0) is 79.2 Å². The molecule has 3 aromatic heterocycles. The second-order valence-electron chi connectivity index (χ2n) is 12.4. The van der Waals surface area contributed by atoms with Crippen LogP contribution in [0.3, 0.4) is 0 Å². The summed E-state index contributed by atoms with van der Waals surface area (Å²) in [7, 11) is 0. The zero-order valence-electron chi connectivity index (χ0n) is 28.9. The molecule has 0 spiro atoms. The molecule has 12 heteroatoms. The summed E-state index contributed by atoms with van der Waals surface area (Å²) in [6.07, 6.45) is 8.25. The summed E-state index contributed by atoms with van der Waals surface area (Å²) < 4.78 is 13.9. The molecule has 4 heterocycles. The van der Waals surface area contributed by atoms with Crippen molar-refractivity contribution in [1.82, 2.24) is 19.9 Å². The molecule has 7 rings (SSSR count). The van der Waals surface area contributed by atoms with E-state index in [1.807, 2.05) is 48.0 Å². The van der Waals surface area contributed by atoms with Crippen LogP contribution >= 0.6 is 23.2 Å². The van der Waals surface area contributed by atoms with Crippen molar-refractivity contribution in [3.63, 3.8) is 0 Å². The van der Waals surface area contributed by atoms with Crippen LogP contribution in [0.25, 0.3) is 22.7 Å². The van der Waals surface area contributed by atoms with Gasteiger partial charge in [0, 0.05) is 82.1 Å². The third-order valence-corrected chi connectivity index (χ3v) is 9.65. The van der Waals surface area contributed by atoms with Crippen LogP contribution in [-0.2, 0) is 22.7 Å². The number of para-hydroxylation sites is 1. The van der Waals surface area contributed by atoms with Gasteiger partial charge in [-0.25, -0.2) is 4.98 Å². The highest BCUT2D eigenvalue weighted by Gasteiger charge is 2.19. The normalized spacial score (nSPS) is 13.0. The number of pyridine rings is 2. The number of aryl methyl sites for hydroxylation is 1. The van der Waals surface area contributed by atoms with Crippen LogP contribution in [0.5, 0.6) is 5.75 Å². The molecule has 0 saturated carbocycles. The number of benzene rings is 3. The summed E-state index contributed by atoms with van der Waals surface area (Å²) >= 11 is 13.7. The number of hydrogen-bond donors (Lipinski definition) is 2. The summed E-state index contributed by atoms with van der Waals surface area (Å²) in [6, 6.07) is 25.9. The summed E-state index contributed by atoms with van der Waals surface area (Å²) in [5.41, 5.74) is 6.87. The van der Waals surface area contributed by atoms with Gasteiger partial charge >= 0.3 is 0 Å². The number of nitrogens with zero attached hydrogens (tertiary/aromatic N) is 4. The molecule has 1 fully saturated rings. The summed E-state index contributed by atoms with van der Waals surface area (Å²) in [6.45, 7) is 5.37. The van der Waals surface area contributed by atoms with Crippen molar-refractivity contribution < 1.29 is 19.1 Å². The van der Waals surface area contributed by atoms with Gasteiger partial charge in [-0.1, -0.05) is 47.5 Å². The van der Waals surface area contributed by atoms with Crippen molar-refractivity contribution in [3.05, 3.63) is 148 Å². The Morgan fingerprint density at radius 1 is 0.943 bits per heavy atom. The topological polar surface area (TPSA) is 111 Å². The highest BCUT2D eigenvalue weighted by atomic mass is 35.5. The van der Waals surface area contributed by atoms with Crippen molar-refractivity contribution in [3.8, 4) is 11.4 Å². The fourth-order valence-electron chi connectivity index (χ4n) is 6.15. The zero-order chi connectivity index (χ0) is 36.7. The number of anilines is 2. The maximum absolute atomic E-state index is 12.8. The van der Waals surface area contributed by atoms with Crippen LogP contribution in [0.1, 0.15) is 32.9 Å². The Kier molecular flexibility index (Phi) is 11.0. The Bertz CT molecular complexity index is 2290. The SMILES string of the molecule is Cc1cc(N2CCOCC2)c2cccc(OCc3c(Cl)ccc(-n4cccc4CNC(=O)C=Cc4ccc(C(=O)Nc5ccncc5)cc4)c3Cl)c2n1. The third kappa shape index (κ3) is 8.36. The monoisotopic (exact) mass is 746 g/mol. The van der Waals surface area contributed by atoms with E-state index in [1.54, 1.807) is 60.9 Å². The van der Waals surface area contributed by atoms with E-state index in [9.17, 15) is 9.59 Å². The molecule has 268 valence electrons. The average Bonchev–Trinajstić information content (AvgIpc) is 3.65. The lowest BCUT2D eigenvalue weighted by Crippen LogP contribution is -2.36. The lowest BCUT2D eigenvalue weighted by atomic mass is 10.1. The van der Waals surface area contributed by atoms with Crippen molar-refractivity contribution in [2.24, 2.45) is 0 Å². The van der Waals surface area contributed by atoms with Crippen molar-refractivity contribution in [2.45, 2.75) is 20.1 Å². The second-order valence-corrected chi connectivity index (χ2v) is 13.2. The van der Waals surface area contributed by atoms with Crippen LogP contribution in [0.2, 0.25) is 10.0 Å². The van der Waals surface area contributed by atoms with Crippen LogP contribution in [0, 0.1) is 6.92 Å². The molecule has 2 amide bonds. The smallest absolute Gasteiger partial charge is 0.255 e. The Morgan fingerprint density at radius 3 is 2.53 bits per heavy atom. The number of rotatable bonds is 11. The van der Waals surface area contributed by atoms with Gasteiger partial charge in [-0.2, -0.15) is 0 Å². The first-order chi connectivity index (χ1) is 25.8. The van der Waals surface area contributed by atoms with E-state index >= 15 is 0 Å².